The zero-order chi connectivity index (χ0) is 9.97. The lowest BCUT2D eigenvalue weighted by Crippen LogP contribution is -2.21. The summed E-state index contributed by atoms with van der Waals surface area (Å²) < 4.78 is 14.0. The van der Waals surface area contributed by atoms with Crippen LogP contribution in [0, 0.1) is 0 Å². The molecular weight excluding hydrogens is 214 g/mol. The monoisotopic (exact) mass is 227 g/mol. The van der Waals surface area contributed by atoms with Crippen LogP contribution in [0.4, 0.5) is 0 Å². The molecule has 14 heavy (non-hydrogen) atoms. The van der Waals surface area contributed by atoms with Crippen LogP contribution in [0.5, 0.6) is 0 Å². The Labute approximate surface area is 92.3 Å². The van der Waals surface area contributed by atoms with Crippen molar-refractivity contribution in [2.24, 2.45) is 0 Å². The van der Waals surface area contributed by atoms with Crippen LogP contribution >= 0.6 is 12.6 Å². The summed E-state index contributed by atoms with van der Waals surface area (Å²) in [5.41, 5.74) is 0. The standard InChI is InChI=1S/C10H13NOS2/c12-14(11-6-1-2-7-11)10-5-3-4-9(13)8-10/h3-5,8,13H,1-2,6-7H2. The Morgan fingerprint density at radius 2 is 2.00 bits per heavy atom. The van der Waals surface area contributed by atoms with Crippen molar-refractivity contribution in [1.29, 1.82) is 0 Å². The van der Waals surface area contributed by atoms with Gasteiger partial charge in [0.25, 0.3) is 0 Å². The van der Waals surface area contributed by atoms with E-state index in [2.05, 4.69) is 12.6 Å². The number of rotatable bonds is 2. The van der Waals surface area contributed by atoms with E-state index in [1.165, 1.54) is 0 Å². The van der Waals surface area contributed by atoms with Gasteiger partial charge in [-0.2, -0.15) is 0 Å². The van der Waals surface area contributed by atoms with Crippen LogP contribution in [0.15, 0.2) is 34.1 Å². The molecule has 0 spiro atoms. The highest BCUT2D eigenvalue weighted by Crippen LogP contribution is 2.18. The van der Waals surface area contributed by atoms with Gasteiger partial charge < -0.3 is 0 Å². The molecule has 4 heteroatoms. The third-order valence-electron chi connectivity index (χ3n) is 2.32. The summed E-state index contributed by atoms with van der Waals surface area (Å²) in [6.45, 7) is 1.90. The summed E-state index contributed by atoms with van der Waals surface area (Å²) >= 11 is 4.24. The normalized spacial score (nSPS) is 19.8. The third-order valence-corrected chi connectivity index (χ3v) is 4.09. The molecule has 1 unspecified atom stereocenters. The molecule has 1 aromatic carbocycles. The van der Waals surface area contributed by atoms with Crippen molar-refractivity contribution in [3.63, 3.8) is 0 Å². The Bertz CT molecular complexity index is 348. The molecule has 0 aliphatic carbocycles. The van der Waals surface area contributed by atoms with Crippen LogP contribution in [-0.2, 0) is 11.0 Å². The molecule has 1 aromatic rings. The first-order valence-corrected chi connectivity index (χ1v) is 6.28. The van der Waals surface area contributed by atoms with Crippen LogP contribution < -0.4 is 0 Å². The molecular formula is C10H13NOS2. The lowest BCUT2D eigenvalue weighted by molar-refractivity contribution is 0.536. The molecule has 76 valence electrons. The van der Waals surface area contributed by atoms with Crippen LogP contribution in [0.2, 0.25) is 0 Å². The zero-order valence-electron chi connectivity index (χ0n) is 7.85. The number of thiol groups is 1. The van der Waals surface area contributed by atoms with Crippen molar-refractivity contribution < 1.29 is 4.21 Å². The molecule has 2 nitrogen and oxygen atoms in total. The highest BCUT2D eigenvalue weighted by molar-refractivity contribution is 7.83. The van der Waals surface area contributed by atoms with E-state index in [4.69, 9.17) is 0 Å². The minimum atomic E-state index is -0.985. The van der Waals surface area contributed by atoms with Crippen LogP contribution in [0.3, 0.4) is 0 Å². The fourth-order valence-electron chi connectivity index (χ4n) is 1.60. The summed E-state index contributed by atoms with van der Waals surface area (Å²) in [5.74, 6) is 0. The average molecular weight is 227 g/mol. The molecule has 0 aromatic heterocycles. The van der Waals surface area contributed by atoms with E-state index in [9.17, 15) is 4.21 Å². The zero-order valence-corrected chi connectivity index (χ0v) is 9.56. The lowest BCUT2D eigenvalue weighted by Gasteiger charge is -2.13. The number of hydrogen-bond donors (Lipinski definition) is 1. The second-order valence-electron chi connectivity index (χ2n) is 3.38. The molecule has 0 bridgehead atoms. The van der Waals surface area contributed by atoms with Crippen LogP contribution in [-0.4, -0.2) is 21.6 Å². The predicted octanol–water partition coefficient (Wildman–Crippen LogP) is 2.09. The number of benzene rings is 1. The molecule has 0 saturated carbocycles. The topological polar surface area (TPSA) is 20.3 Å². The van der Waals surface area contributed by atoms with Gasteiger partial charge in [-0.05, 0) is 31.0 Å². The molecule has 1 aliphatic rings. The Morgan fingerprint density at radius 1 is 1.29 bits per heavy atom. The van der Waals surface area contributed by atoms with Gasteiger partial charge in [0.2, 0.25) is 0 Å². The average Bonchev–Trinajstić information content (AvgIpc) is 2.69. The van der Waals surface area contributed by atoms with Crippen molar-refractivity contribution in [3.05, 3.63) is 24.3 Å². The van der Waals surface area contributed by atoms with Crippen molar-refractivity contribution in [1.82, 2.24) is 4.31 Å². The predicted molar refractivity (Wildman–Crippen MR) is 60.9 cm³/mol. The Morgan fingerprint density at radius 3 is 2.64 bits per heavy atom. The fourth-order valence-corrected chi connectivity index (χ4v) is 3.22. The van der Waals surface area contributed by atoms with Crippen molar-refractivity contribution in [2.45, 2.75) is 22.6 Å². The largest absolute Gasteiger partial charge is 0.237 e. The van der Waals surface area contributed by atoms with E-state index in [1.807, 2.05) is 28.6 Å². The van der Waals surface area contributed by atoms with Gasteiger partial charge in [0.1, 0.15) is 11.0 Å². The van der Waals surface area contributed by atoms with E-state index in [-0.39, 0.29) is 0 Å². The Hall–Kier alpha value is -0.320. The van der Waals surface area contributed by atoms with Crippen molar-refractivity contribution >= 4 is 23.6 Å². The first kappa shape index (κ1) is 10.2. The van der Waals surface area contributed by atoms with Gasteiger partial charge in [-0.1, -0.05) is 6.07 Å². The molecule has 1 heterocycles. The highest BCUT2D eigenvalue weighted by Gasteiger charge is 2.18. The van der Waals surface area contributed by atoms with E-state index < -0.39 is 11.0 Å². The molecule has 1 saturated heterocycles. The van der Waals surface area contributed by atoms with Gasteiger partial charge in [0.15, 0.2) is 0 Å². The summed E-state index contributed by atoms with van der Waals surface area (Å²) in [6, 6.07) is 7.56. The molecule has 1 aliphatic heterocycles. The van der Waals surface area contributed by atoms with E-state index in [0.29, 0.717) is 0 Å². The summed E-state index contributed by atoms with van der Waals surface area (Å²) in [7, 11) is -0.985. The summed E-state index contributed by atoms with van der Waals surface area (Å²) in [4.78, 5) is 1.73. The molecule has 1 atom stereocenters. The van der Waals surface area contributed by atoms with E-state index >= 15 is 0 Å². The van der Waals surface area contributed by atoms with E-state index in [0.717, 1.165) is 35.7 Å². The molecule has 0 radical (unpaired) electrons. The maximum atomic E-state index is 12.0. The first-order valence-electron chi connectivity index (χ1n) is 4.73. The molecule has 1 fully saturated rings. The van der Waals surface area contributed by atoms with Gasteiger partial charge >= 0.3 is 0 Å². The SMILES string of the molecule is O=S(c1cccc(S)c1)N1CCCC1. The van der Waals surface area contributed by atoms with Crippen molar-refractivity contribution in [3.8, 4) is 0 Å². The van der Waals surface area contributed by atoms with Gasteiger partial charge in [0.05, 0.1) is 4.90 Å². The smallest absolute Gasteiger partial charge is 0.127 e. The second kappa shape index (κ2) is 4.47. The van der Waals surface area contributed by atoms with Gasteiger partial charge in [0, 0.05) is 18.0 Å². The summed E-state index contributed by atoms with van der Waals surface area (Å²) in [6.07, 6.45) is 2.32. The minimum Gasteiger partial charge on any atom is -0.237 e. The summed E-state index contributed by atoms with van der Waals surface area (Å²) in [5, 5.41) is 0. The van der Waals surface area contributed by atoms with Crippen LogP contribution in [0.1, 0.15) is 12.8 Å². The quantitative estimate of drug-likeness (QED) is 0.767. The molecule has 0 N–H and O–H groups in total. The molecule has 2 rings (SSSR count). The lowest BCUT2D eigenvalue weighted by atomic mass is 10.4. The van der Waals surface area contributed by atoms with Crippen LogP contribution in [0.25, 0.3) is 0 Å². The van der Waals surface area contributed by atoms with Gasteiger partial charge in [-0.3, -0.25) is 0 Å². The third kappa shape index (κ3) is 2.19. The second-order valence-corrected chi connectivity index (χ2v) is 5.39. The van der Waals surface area contributed by atoms with E-state index in [1.54, 1.807) is 0 Å². The Kier molecular flexibility index (Phi) is 3.26. The maximum absolute atomic E-state index is 12.0. The highest BCUT2D eigenvalue weighted by atomic mass is 32.2. The molecule has 0 amide bonds. The van der Waals surface area contributed by atoms with Crippen molar-refractivity contribution in [2.75, 3.05) is 13.1 Å². The first-order chi connectivity index (χ1) is 6.77. The minimum absolute atomic E-state index is 0.861. The van der Waals surface area contributed by atoms with Gasteiger partial charge in [-0.15, -0.1) is 12.6 Å². The van der Waals surface area contributed by atoms with Gasteiger partial charge in [-0.25, -0.2) is 8.51 Å². The Balaban J connectivity index is 2.17. The number of hydrogen-bond acceptors (Lipinski definition) is 2. The number of nitrogens with zero attached hydrogens (tertiary/aromatic N) is 1. The maximum Gasteiger partial charge on any atom is 0.127 e. The fraction of sp³-hybridized carbons (Fsp3) is 0.400.